The number of para-hydroxylation sites is 1. The quantitative estimate of drug-likeness (QED) is 0.585. The molecule has 0 spiro atoms. The fourth-order valence-electron chi connectivity index (χ4n) is 4.50. The number of amides is 3. The van der Waals surface area contributed by atoms with Gasteiger partial charge in [0.25, 0.3) is 0 Å². The van der Waals surface area contributed by atoms with Crippen molar-refractivity contribution in [3.8, 4) is 0 Å². The SMILES string of the molecule is Cn1cnc(CCNC(=O)C[C@@H]2CC[C@@H]3[C@H](COC[C@@H](O)CN3C(=O)Nc3ccccc3)O2)c1. The molecule has 0 bridgehead atoms. The number of aliphatic hydroxyl groups excluding tert-OH is 1. The summed E-state index contributed by atoms with van der Waals surface area (Å²) in [6, 6.07) is 8.69. The van der Waals surface area contributed by atoms with Crippen molar-refractivity contribution >= 4 is 17.6 Å². The number of hydrogen-bond donors (Lipinski definition) is 3. The number of benzene rings is 1. The lowest BCUT2D eigenvalue weighted by molar-refractivity contribution is -0.149. The van der Waals surface area contributed by atoms with E-state index in [-0.39, 0.29) is 56.4 Å². The number of β-amino-alcohol motifs (C(OH)–C–C–N with tert-alkyl or cyclic N) is 1. The highest BCUT2D eigenvalue weighted by molar-refractivity contribution is 5.89. The minimum Gasteiger partial charge on any atom is -0.389 e. The van der Waals surface area contributed by atoms with Crippen LogP contribution in [0.5, 0.6) is 0 Å². The lowest BCUT2D eigenvalue weighted by Crippen LogP contribution is -2.58. The first kappa shape index (κ1) is 24.2. The molecule has 2 aliphatic rings. The van der Waals surface area contributed by atoms with Gasteiger partial charge in [-0.15, -0.1) is 0 Å². The second-order valence-electron chi connectivity index (χ2n) is 8.92. The first-order valence-electron chi connectivity index (χ1n) is 11.8. The van der Waals surface area contributed by atoms with Crippen molar-refractivity contribution in [3.63, 3.8) is 0 Å². The van der Waals surface area contributed by atoms with Gasteiger partial charge in [-0.3, -0.25) is 4.79 Å². The van der Waals surface area contributed by atoms with Crippen molar-refractivity contribution in [3.05, 3.63) is 48.5 Å². The zero-order valence-corrected chi connectivity index (χ0v) is 19.4. The van der Waals surface area contributed by atoms with Crippen LogP contribution >= 0.6 is 0 Å². The van der Waals surface area contributed by atoms with E-state index in [1.165, 1.54) is 0 Å². The maximum atomic E-state index is 13.1. The maximum Gasteiger partial charge on any atom is 0.322 e. The van der Waals surface area contributed by atoms with Crippen molar-refractivity contribution in [2.45, 2.75) is 50.0 Å². The molecule has 4 atom stereocenters. The molecule has 4 rings (SSSR count). The van der Waals surface area contributed by atoms with E-state index in [9.17, 15) is 14.7 Å². The maximum absolute atomic E-state index is 13.1. The Morgan fingerprint density at radius 1 is 1.21 bits per heavy atom. The number of fused-ring (bicyclic) bond motifs is 1. The molecule has 3 heterocycles. The molecule has 1 aromatic heterocycles. The summed E-state index contributed by atoms with van der Waals surface area (Å²) in [6.45, 7) is 1.06. The first-order chi connectivity index (χ1) is 16.5. The van der Waals surface area contributed by atoms with Gasteiger partial charge >= 0.3 is 6.03 Å². The number of anilines is 1. The average Bonchev–Trinajstić information content (AvgIpc) is 3.22. The predicted molar refractivity (Wildman–Crippen MR) is 125 cm³/mol. The van der Waals surface area contributed by atoms with E-state index in [4.69, 9.17) is 9.47 Å². The lowest BCUT2D eigenvalue weighted by atomic mass is 9.95. The number of aliphatic hydroxyl groups is 1. The Morgan fingerprint density at radius 3 is 2.79 bits per heavy atom. The summed E-state index contributed by atoms with van der Waals surface area (Å²) in [4.78, 5) is 31.4. The van der Waals surface area contributed by atoms with Gasteiger partial charge in [0.05, 0.1) is 56.5 Å². The van der Waals surface area contributed by atoms with Crippen LogP contribution in [0.2, 0.25) is 0 Å². The van der Waals surface area contributed by atoms with Gasteiger partial charge in [0, 0.05) is 31.9 Å². The third-order valence-corrected chi connectivity index (χ3v) is 6.14. The summed E-state index contributed by atoms with van der Waals surface area (Å²) in [5, 5.41) is 16.1. The number of imidazole rings is 1. The van der Waals surface area contributed by atoms with E-state index >= 15 is 0 Å². The summed E-state index contributed by atoms with van der Waals surface area (Å²) in [6.07, 6.45) is 4.51. The smallest absolute Gasteiger partial charge is 0.322 e. The van der Waals surface area contributed by atoms with Crippen LogP contribution in [0.4, 0.5) is 10.5 Å². The Hall–Kier alpha value is -2.95. The fraction of sp³-hybridized carbons (Fsp3) is 0.542. The summed E-state index contributed by atoms with van der Waals surface area (Å²) in [7, 11) is 1.91. The van der Waals surface area contributed by atoms with Crippen molar-refractivity contribution in [2.75, 3.05) is 31.6 Å². The van der Waals surface area contributed by atoms with Gasteiger partial charge in [0.1, 0.15) is 6.10 Å². The van der Waals surface area contributed by atoms with Crippen molar-refractivity contribution in [2.24, 2.45) is 7.05 Å². The van der Waals surface area contributed by atoms with Crippen LogP contribution in [-0.2, 0) is 27.7 Å². The number of urea groups is 1. The molecule has 0 saturated carbocycles. The highest BCUT2D eigenvalue weighted by Crippen LogP contribution is 2.28. The van der Waals surface area contributed by atoms with Gasteiger partial charge in [-0.25, -0.2) is 9.78 Å². The predicted octanol–water partition coefficient (Wildman–Crippen LogP) is 1.31. The molecule has 2 saturated heterocycles. The van der Waals surface area contributed by atoms with Gasteiger partial charge in [0.2, 0.25) is 5.91 Å². The molecule has 1 aromatic carbocycles. The number of nitrogens with zero attached hydrogens (tertiary/aromatic N) is 3. The Balaban J connectivity index is 1.31. The Kier molecular flexibility index (Phi) is 8.15. The molecule has 184 valence electrons. The minimum absolute atomic E-state index is 0.0692. The summed E-state index contributed by atoms with van der Waals surface area (Å²) >= 11 is 0. The molecule has 2 fully saturated rings. The van der Waals surface area contributed by atoms with Crippen LogP contribution in [0.3, 0.4) is 0 Å². The first-order valence-corrected chi connectivity index (χ1v) is 11.8. The monoisotopic (exact) mass is 471 g/mol. The number of carbonyl (C=O) groups excluding carboxylic acids is 2. The van der Waals surface area contributed by atoms with Crippen molar-refractivity contribution in [1.29, 1.82) is 0 Å². The Bertz CT molecular complexity index is 952. The summed E-state index contributed by atoms with van der Waals surface area (Å²) < 4.78 is 13.7. The average molecular weight is 472 g/mol. The fourth-order valence-corrected chi connectivity index (χ4v) is 4.50. The third kappa shape index (κ3) is 6.55. The number of carbonyl (C=O) groups is 2. The van der Waals surface area contributed by atoms with E-state index in [1.807, 2.05) is 48.1 Å². The van der Waals surface area contributed by atoms with Gasteiger partial charge in [0.15, 0.2) is 0 Å². The largest absolute Gasteiger partial charge is 0.389 e. The second kappa shape index (κ2) is 11.5. The highest BCUT2D eigenvalue weighted by atomic mass is 16.5. The number of ether oxygens (including phenoxy) is 2. The van der Waals surface area contributed by atoms with Crippen molar-refractivity contribution in [1.82, 2.24) is 19.8 Å². The molecule has 10 nitrogen and oxygen atoms in total. The molecular formula is C24H33N5O5. The number of aromatic nitrogens is 2. The topological polar surface area (TPSA) is 118 Å². The molecule has 10 heteroatoms. The standard InChI is InChI=1S/C24H33N5O5/c1-28-12-18(26-16-28)9-10-25-23(31)11-20-7-8-21-22(34-20)15-33-14-19(30)13-29(21)24(32)27-17-5-3-2-4-6-17/h2-6,12,16,19-22,30H,7-11,13-15H2,1H3,(H,25,31)(H,27,32)/t19-,20-,21+,22-/m0/s1. The molecule has 2 aromatic rings. The number of rotatable bonds is 6. The molecule has 3 amide bonds. The molecule has 3 N–H and O–H groups in total. The van der Waals surface area contributed by atoms with Crippen LogP contribution in [0.1, 0.15) is 25.0 Å². The van der Waals surface area contributed by atoms with Gasteiger partial charge in [-0.1, -0.05) is 18.2 Å². The summed E-state index contributed by atoms with van der Waals surface area (Å²) in [5.74, 6) is -0.0692. The molecule has 0 radical (unpaired) electrons. The molecular weight excluding hydrogens is 438 g/mol. The number of nitrogens with one attached hydrogen (secondary N) is 2. The van der Waals surface area contributed by atoms with E-state index < -0.39 is 6.10 Å². The highest BCUT2D eigenvalue weighted by Gasteiger charge is 2.40. The number of aryl methyl sites for hydroxylation is 1. The molecule has 2 aliphatic heterocycles. The van der Waals surface area contributed by atoms with Crippen LogP contribution in [-0.4, -0.2) is 82.2 Å². The second-order valence-corrected chi connectivity index (χ2v) is 8.92. The van der Waals surface area contributed by atoms with E-state index in [1.54, 1.807) is 11.2 Å². The van der Waals surface area contributed by atoms with Crippen LogP contribution in [0.15, 0.2) is 42.9 Å². The van der Waals surface area contributed by atoms with E-state index in [2.05, 4.69) is 15.6 Å². The van der Waals surface area contributed by atoms with Gasteiger partial charge < -0.3 is 34.7 Å². The van der Waals surface area contributed by atoms with Crippen LogP contribution < -0.4 is 10.6 Å². The molecule has 34 heavy (non-hydrogen) atoms. The Labute approximate surface area is 199 Å². The van der Waals surface area contributed by atoms with E-state index in [0.717, 1.165) is 5.69 Å². The third-order valence-electron chi connectivity index (χ3n) is 6.14. The van der Waals surface area contributed by atoms with Crippen LogP contribution in [0.25, 0.3) is 0 Å². The normalized spacial score (nSPS) is 25.1. The Morgan fingerprint density at radius 2 is 2.03 bits per heavy atom. The zero-order valence-electron chi connectivity index (χ0n) is 19.4. The lowest BCUT2D eigenvalue weighted by Gasteiger charge is -2.44. The molecule has 0 unspecified atom stereocenters. The van der Waals surface area contributed by atoms with Crippen LogP contribution in [0, 0.1) is 0 Å². The van der Waals surface area contributed by atoms with E-state index in [0.29, 0.717) is 31.5 Å². The minimum atomic E-state index is -0.773. The van der Waals surface area contributed by atoms with Crippen molar-refractivity contribution < 1.29 is 24.2 Å². The zero-order chi connectivity index (χ0) is 23.9. The van der Waals surface area contributed by atoms with Gasteiger partial charge in [-0.05, 0) is 25.0 Å². The summed E-state index contributed by atoms with van der Waals surface area (Å²) in [5.41, 5.74) is 1.62. The van der Waals surface area contributed by atoms with Gasteiger partial charge in [-0.2, -0.15) is 0 Å². The molecule has 0 aliphatic carbocycles. The number of hydrogen-bond acceptors (Lipinski definition) is 6.